The number of anilines is 1. The topological polar surface area (TPSA) is 63.9 Å². The Kier molecular flexibility index (Phi) is 2.06. The lowest BCUT2D eigenvalue weighted by atomic mass is 10.1. The van der Waals surface area contributed by atoms with Crippen LogP contribution < -0.4 is 10.5 Å². The van der Waals surface area contributed by atoms with Crippen molar-refractivity contribution < 1.29 is 4.74 Å². The number of nitrogens with one attached hydrogen (secondary N) is 1. The van der Waals surface area contributed by atoms with Gasteiger partial charge in [0.1, 0.15) is 11.6 Å². The van der Waals surface area contributed by atoms with E-state index >= 15 is 0 Å². The van der Waals surface area contributed by atoms with Crippen molar-refractivity contribution in [3.05, 3.63) is 30.5 Å². The minimum Gasteiger partial charge on any atom is -0.490 e. The summed E-state index contributed by atoms with van der Waals surface area (Å²) >= 11 is 0. The predicted octanol–water partition coefficient (Wildman–Crippen LogP) is 2.20. The van der Waals surface area contributed by atoms with Crippen LogP contribution in [0.15, 0.2) is 30.5 Å². The summed E-state index contributed by atoms with van der Waals surface area (Å²) in [6.45, 7) is 0. The van der Waals surface area contributed by atoms with Gasteiger partial charge in [0.25, 0.3) is 0 Å². The van der Waals surface area contributed by atoms with Gasteiger partial charge >= 0.3 is 0 Å². The van der Waals surface area contributed by atoms with E-state index in [0.29, 0.717) is 11.9 Å². The van der Waals surface area contributed by atoms with Crippen LogP contribution in [-0.4, -0.2) is 16.3 Å². The van der Waals surface area contributed by atoms with E-state index in [2.05, 4.69) is 10.2 Å². The van der Waals surface area contributed by atoms with Crippen molar-refractivity contribution in [1.82, 2.24) is 10.2 Å². The molecule has 0 saturated heterocycles. The summed E-state index contributed by atoms with van der Waals surface area (Å²) in [5.74, 6) is 1.52. The Morgan fingerprint density at radius 2 is 2.00 bits per heavy atom. The number of aromatic nitrogens is 2. The van der Waals surface area contributed by atoms with Crippen LogP contribution in [0.25, 0.3) is 11.1 Å². The number of nitrogens with two attached hydrogens (primary N) is 1. The van der Waals surface area contributed by atoms with E-state index in [0.717, 1.165) is 16.9 Å². The molecule has 1 aromatic heterocycles. The van der Waals surface area contributed by atoms with Gasteiger partial charge < -0.3 is 10.5 Å². The zero-order valence-corrected chi connectivity index (χ0v) is 8.81. The lowest BCUT2D eigenvalue weighted by Gasteiger charge is -2.05. The van der Waals surface area contributed by atoms with Crippen LogP contribution in [0.4, 0.5) is 5.82 Å². The van der Waals surface area contributed by atoms with E-state index in [-0.39, 0.29) is 0 Å². The Hall–Kier alpha value is -1.97. The average molecular weight is 215 g/mol. The van der Waals surface area contributed by atoms with Crippen molar-refractivity contribution in [2.24, 2.45) is 0 Å². The fourth-order valence-corrected chi connectivity index (χ4v) is 1.62. The molecule has 0 radical (unpaired) electrons. The normalized spacial score (nSPS) is 15.0. The maximum Gasteiger partial charge on any atom is 0.126 e. The van der Waals surface area contributed by atoms with E-state index < -0.39 is 0 Å². The Morgan fingerprint density at radius 1 is 1.25 bits per heavy atom. The van der Waals surface area contributed by atoms with Gasteiger partial charge in [-0.05, 0) is 30.5 Å². The van der Waals surface area contributed by atoms with Gasteiger partial charge in [-0.25, -0.2) is 0 Å². The van der Waals surface area contributed by atoms with Crippen LogP contribution in [-0.2, 0) is 0 Å². The summed E-state index contributed by atoms with van der Waals surface area (Å²) in [6, 6.07) is 7.94. The van der Waals surface area contributed by atoms with Crippen LogP contribution in [0, 0.1) is 0 Å². The molecule has 16 heavy (non-hydrogen) atoms. The molecule has 1 aromatic carbocycles. The molecule has 0 aliphatic heterocycles. The number of hydrogen-bond donors (Lipinski definition) is 2. The molecule has 0 bridgehead atoms. The molecule has 1 aliphatic rings. The smallest absolute Gasteiger partial charge is 0.126 e. The first-order valence-electron chi connectivity index (χ1n) is 5.39. The molecule has 0 spiro atoms. The number of nitrogen functional groups attached to an aromatic ring is 1. The Balaban J connectivity index is 1.83. The lowest BCUT2D eigenvalue weighted by Crippen LogP contribution is -1.95. The molecule has 4 heteroatoms. The SMILES string of the molecule is Nc1[nH]ncc1-c1ccc(OC2CC2)cc1. The van der Waals surface area contributed by atoms with Crippen molar-refractivity contribution >= 4 is 5.82 Å². The largest absolute Gasteiger partial charge is 0.490 e. The Bertz CT molecular complexity index is 485. The van der Waals surface area contributed by atoms with Crippen molar-refractivity contribution in [2.75, 3.05) is 5.73 Å². The van der Waals surface area contributed by atoms with Gasteiger partial charge in [0.2, 0.25) is 0 Å². The third-order valence-corrected chi connectivity index (χ3v) is 2.66. The first-order chi connectivity index (χ1) is 7.83. The summed E-state index contributed by atoms with van der Waals surface area (Å²) < 4.78 is 5.67. The van der Waals surface area contributed by atoms with Crippen molar-refractivity contribution in [2.45, 2.75) is 18.9 Å². The molecule has 3 rings (SSSR count). The Morgan fingerprint density at radius 3 is 2.56 bits per heavy atom. The minimum atomic E-state index is 0.435. The van der Waals surface area contributed by atoms with Crippen LogP contribution in [0.2, 0.25) is 0 Å². The number of aromatic amines is 1. The monoisotopic (exact) mass is 215 g/mol. The molecular formula is C12H13N3O. The third kappa shape index (κ3) is 1.74. The van der Waals surface area contributed by atoms with E-state index in [4.69, 9.17) is 10.5 Å². The number of nitrogens with zero attached hydrogens (tertiary/aromatic N) is 1. The summed E-state index contributed by atoms with van der Waals surface area (Å²) in [6.07, 6.45) is 4.52. The predicted molar refractivity (Wildman–Crippen MR) is 62.1 cm³/mol. The lowest BCUT2D eigenvalue weighted by molar-refractivity contribution is 0.303. The second kappa shape index (κ2) is 3.56. The zero-order chi connectivity index (χ0) is 11.0. The molecule has 1 aliphatic carbocycles. The van der Waals surface area contributed by atoms with Crippen molar-refractivity contribution in [1.29, 1.82) is 0 Å². The van der Waals surface area contributed by atoms with Gasteiger partial charge in [-0.2, -0.15) is 5.10 Å². The van der Waals surface area contributed by atoms with Crippen molar-refractivity contribution in [3.63, 3.8) is 0 Å². The maximum absolute atomic E-state index is 5.75. The van der Waals surface area contributed by atoms with Gasteiger partial charge in [0, 0.05) is 5.56 Å². The standard InChI is InChI=1S/C12H13N3O/c13-12-11(7-14-15-12)8-1-3-9(4-2-8)16-10-5-6-10/h1-4,7,10H,5-6H2,(H3,13,14,15). The quantitative estimate of drug-likeness (QED) is 0.825. The molecular weight excluding hydrogens is 202 g/mol. The van der Waals surface area contributed by atoms with Gasteiger partial charge in [-0.1, -0.05) is 12.1 Å². The first kappa shape index (κ1) is 9.27. The molecule has 0 amide bonds. The molecule has 4 nitrogen and oxygen atoms in total. The molecule has 0 atom stereocenters. The van der Waals surface area contributed by atoms with Crippen LogP contribution in [0.1, 0.15) is 12.8 Å². The second-order valence-electron chi connectivity index (χ2n) is 4.04. The first-order valence-corrected chi connectivity index (χ1v) is 5.39. The highest BCUT2D eigenvalue weighted by Gasteiger charge is 2.23. The molecule has 0 unspecified atom stereocenters. The highest BCUT2D eigenvalue weighted by atomic mass is 16.5. The van der Waals surface area contributed by atoms with E-state index in [1.54, 1.807) is 6.20 Å². The van der Waals surface area contributed by atoms with Gasteiger partial charge in [0.05, 0.1) is 12.3 Å². The van der Waals surface area contributed by atoms with Crippen LogP contribution in [0.5, 0.6) is 5.75 Å². The third-order valence-electron chi connectivity index (χ3n) is 2.66. The molecule has 1 fully saturated rings. The Labute approximate surface area is 93.4 Å². The highest BCUT2D eigenvalue weighted by Crippen LogP contribution is 2.29. The summed E-state index contributed by atoms with van der Waals surface area (Å²) in [5, 5.41) is 6.62. The summed E-state index contributed by atoms with van der Waals surface area (Å²) in [4.78, 5) is 0. The molecule has 1 saturated carbocycles. The van der Waals surface area contributed by atoms with Crippen LogP contribution >= 0.6 is 0 Å². The number of hydrogen-bond acceptors (Lipinski definition) is 3. The molecule has 82 valence electrons. The molecule has 1 heterocycles. The number of ether oxygens (including phenoxy) is 1. The molecule has 3 N–H and O–H groups in total. The second-order valence-corrected chi connectivity index (χ2v) is 4.04. The number of benzene rings is 1. The van der Waals surface area contributed by atoms with Crippen molar-refractivity contribution in [3.8, 4) is 16.9 Å². The number of H-pyrrole nitrogens is 1. The fourth-order valence-electron chi connectivity index (χ4n) is 1.62. The van der Waals surface area contributed by atoms with E-state index in [1.807, 2.05) is 24.3 Å². The van der Waals surface area contributed by atoms with Gasteiger partial charge in [-0.3, -0.25) is 5.10 Å². The van der Waals surface area contributed by atoms with E-state index in [9.17, 15) is 0 Å². The average Bonchev–Trinajstić information content (AvgIpc) is 3.00. The number of rotatable bonds is 3. The summed E-state index contributed by atoms with van der Waals surface area (Å²) in [7, 11) is 0. The fraction of sp³-hybridized carbons (Fsp3) is 0.250. The highest BCUT2D eigenvalue weighted by molar-refractivity contribution is 5.73. The molecule has 2 aromatic rings. The zero-order valence-electron chi connectivity index (χ0n) is 8.81. The van der Waals surface area contributed by atoms with Gasteiger partial charge in [-0.15, -0.1) is 0 Å². The minimum absolute atomic E-state index is 0.435. The van der Waals surface area contributed by atoms with Gasteiger partial charge in [0.15, 0.2) is 0 Å². The summed E-state index contributed by atoms with van der Waals surface area (Å²) in [5.41, 5.74) is 7.73. The van der Waals surface area contributed by atoms with E-state index in [1.165, 1.54) is 12.8 Å². The maximum atomic E-state index is 5.75. The van der Waals surface area contributed by atoms with Crippen LogP contribution in [0.3, 0.4) is 0 Å².